The van der Waals surface area contributed by atoms with E-state index in [4.69, 9.17) is 11.6 Å². The molecule has 0 aliphatic rings. The molecule has 1 aromatic heterocycles. The maximum absolute atomic E-state index is 11.8. The van der Waals surface area contributed by atoms with Crippen LogP contribution in [-0.2, 0) is 6.42 Å². The standard InChI is InChI=1S/C13H12ClN3O3/c14-9-3-1-2-8(6-9)4-5-15-11(18)10-7-16-13(20)17-12(10)19/h1-3,6-7H,4-5H2,(H,15,18)(H2,16,17,19,20). The van der Waals surface area contributed by atoms with E-state index in [-0.39, 0.29) is 5.56 Å². The molecule has 0 fully saturated rings. The zero-order valence-corrected chi connectivity index (χ0v) is 11.2. The smallest absolute Gasteiger partial charge is 0.325 e. The molecule has 7 heteroatoms. The van der Waals surface area contributed by atoms with Crippen molar-refractivity contribution in [3.05, 3.63) is 67.4 Å². The van der Waals surface area contributed by atoms with Crippen LogP contribution >= 0.6 is 11.6 Å². The van der Waals surface area contributed by atoms with Crippen molar-refractivity contribution in [2.75, 3.05) is 6.54 Å². The van der Waals surface area contributed by atoms with E-state index in [9.17, 15) is 14.4 Å². The third-order valence-corrected chi connectivity index (χ3v) is 2.89. The van der Waals surface area contributed by atoms with Crippen molar-refractivity contribution in [1.29, 1.82) is 0 Å². The molecule has 0 atom stereocenters. The van der Waals surface area contributed by atoms with Gasteiger partial charge in [0.1, 0.15) is 5.56 Å². The van der Waals surface area contributed by atoms with Crippen molar-refractivity contribution in [2.24, 2.45) is 0 Å². The summed E-state index contributed by atoms with van der Waals surface area (Å²) in [5.41, 5.74) is -0.511. The number of carbonyl (C=O) groups is 1. The number of aromatic amines is 2. The number of hydrogen-bond acceptors (Lipinski definition) is 3. The summed E-state index contributed by atoms with van der Waals surface area (Å²) in [5.74, 6) is -0.537. The molecule has 20 heavy (non-hydrogen) atoms. The molecule has 1 heterocycles. The van der Waals surface area contributed by atoms with Gasteiger partial charge < -0.3 is 10.3 Å². The lowest BCUT2D eigenvalue weighted by Gasteiger charge is -2.05. The zero-order chi connectivity index (χ0) is 14.5. The van der Waals surface area contributed by atoms with E-state index in [0.717, 1.165) is 11.8 Å². The summed E-state index contributed by atoms with van der Waals surface area (Å²) >= 11 is 5.85. The van der Waals surface area contributed by atoms with Gasteiger partial charge in [-0.1, -0.05) is 23.7 Å². The van der Waals surface area contributed by atoms with Crippen LogP contribution in [0.4, 0.5) is 0 Å². The average molecular weight is 294 g/mol. The number of benzene rings is 1. The van der Waals surface area contributed by atoms with Crippen LogP contribution in [-0.4, -0.2) is 22.4 Å². The molecule has 0 radical (unpaired) electrons. The Kier molecular flexibility index (Phi) is 4.37. The molecule has 0 unspecified atom stereocenters. The van der Waals surface area contributed by atoms with Crippen LogP contribution in [0, 0.1) is 0 Å². The number of nitrogens with one attached hydrogen (secondary N) is 3. The molecule has 0 aliphatic carbocycles. The molecule has 0 spiro atoms. The van der Waals surface area contributed by atoms with Crippen molar-refractivity contribution >= 4 is 17.5 Å². The highest BCUT2D eigenvalue weighted by Gasteiger charge is 2.09. The first kappa shape index (κ1) is 14.1. The van der Waals surface area contributed by atoms with E-state index in [1.54, 1.807) is 12.1 Å². The minimum absolute atomic E-state index is 0.129. The lowest BCUT2D eigenvalue weighted by atomic mass is 10.1. The summed E-state index contributed by atoms with van der Waals surface area (Å²) < 4.78 is 0. The number of H-pyrrole nitrogens is 2. The molecule has 0 saturated carbocycles. The number of hydrogen-bond donors (Lipinski definition) is 3. The topological polar surface area (TPSA) is 94.8 Å². The van der Waals surface area contributed by atoms with Gasteiger partial charge in [-0.3, -0.25) is 14.6 Å². The van der Waals surface area contributed by atoms with Crippen LogP contribution in [0.5, 0.6) is 0 Å². The van der Waals surface area contributed by atoms with E-state index in [1.807, 2.05) is 17.1 Å². The van der Waals surface area contributed by atoms with Gasteiger partial charge in [0.05, 0.1) is 0 Å². The van der Waals surface area contributed by atoms with Crippen molar-refractivity contribution in [3.8, 4) is 0 Å². The summed E-state index contributed by atoms with van der Waals surface area (Å²) in [6, 6.07) is 7.29. The second kappa shape index (κ2) is 6.21. The van der Waals surface area contributed by atoms with Crippen LogP contribution in [0.2, 0.25) is 5.02 Å². The zero-order valence-electron chi connectivity index (χ0n) is 10.4. The fraction of sp³-hybridized carbons (Fsp3) is 0.154. The third-order valence-electron chi connectivity index (χ3n) is 2.65. The predicted octanol–water partition coefficient (Wildman–Crippen LogP) is 0.689. The SMILES string of the molecule is O=C(NCCc1cccc(Cl)c1)c1c[nH]c(=O)[nH]c1=O. The summed E-state index contributed by atoms with van der Waals surface area (Å²) in [6.07, 6.45) is 1.68. The number of carbonyl (C=O) groups excluding carboxylic acids is 1. The predicted molar refractivity (Wildman–Crippen MR) is 75.2 cm³/mol. The molecule has 104 valence electrons. The highest BCUT2D eigenvalue weighted by atomic mass is 35.5. The van der Waals surface area contributed by atoms with Gasteiger partial charge in [0, 0.05) is 17.8 Å². The Bertz CT molecular complexity index is 736. The quantitative estimate of drug-likeness (QED) is 0.774. The van der Waals surface area contributed by atoms with Crippen molar-refractivity contribution < 1.29 is 4.79 Å². The first-order chi connectivity index (χ1) is 9.56. The first-order valence-electron chi connectivity index (χ1n) is 5.91. The molecule has 2 aromatic rings. The minimum atomic E-state index is -0.714. The fourth-order valence-electron chi connectivity index (χ4n) is 1.69. The largest absolute Gasteiger partial charge is 0.351 e. The molecule has 0 saturated heterocycles. The van der Waals surface area contributed by atoms with Crippen molar-refractivity contribution in [2.45, 2.75) is 6.42 Å². The van der Waals surface area contributed by atoms with Crippen LogP contribution < -0.4 is 16.6 Å². The van der Waals surface area contributed by atoms with Gasteiger partial charge in [0.2, 0.25) is 0 Å². The molecule has 0 bridgehead atoms. The highest BCUT2D eigenvalue weighted by molar-refractivity contribution is 6.30. The number of halogens is 1. The van der Waals surface area contributed by atoms with Crippen LogP contribution in [0.15, 0.2) is 40.1 Å². The lowest BCUT2D eigenvalue weighted by Crippen LogP contribution is -2.34. The molecule has 6 nitrogen and oxygen atoms in total. The van der Waals surface area contributed by atoms with E-state index < -0.39 is 17.2 Å². The van der Waals surface area contributed by atoms with E-state index in [2.05, 4.69) is 10.3 Å². The second-order valence-corrected chi connectivity index (χ2v) is 4.56. The minimum Gasteiger partial charge on any atom is -0.351 e. The molecular formula is C13H12ClN3O3. The molecule has 0 aliphatic heterocycles. The Morgan fingerprint density at radius 2 is 2.10 bits per heavy atom. The number of aromatic nitrogens is 2. The van der Waals surface area contributed by atoms with Gasteiger partial charge in [-0.2, -0.15) is 0 Å². The van der Waals surface area contributed by atoms with E-state index in [1.165, 1.54) is 0 Å². The summed E-state index contributed by atoms with van der Waals surface area (Å²) in [6.45, 7) is 0.359. The van der Waals surface area contributed by atoms with E-state index in [0.29, 0.717) is 18.0 Å². The fourth-order valence-corrected chi connectivity index (χ4v) is 1.90. The van der Waals surface area contributed by atoms with Gasteiger partial charge in [-0.15, -0.1) is 0 Å². The number of rotatable bonds is 4. The van der Waals surface area contributed by atoms with Gasteiger partial charge in [-0.25, -0.2) is 4.79 Å². The maximum Gasteiger partial charge on any atom is 0.325 e. The maximum atomic E-state index is 11.8. The van der Waals surface area contributed by atoms with Crippen LogP contribution in [0.3, 0.4) is 0 Å². The Hall–Kier alpha value is -2.34. The van der Waals surface area contributed by atoms with Crippen LogP contribution in [0.25, 0.3) is 0 Å². The van der Waals surface area contributed by atoms with E-state index >= 15 is 0 Å². The van der Waals surface area contributed by atoms with Gasteiger partial charge in [-0.05, 0) is 24.1 Å². The summed E-state index contributed by atoms with van der Waals surface area (Å²) in [4.78, 5) is 38.2. The lowest BCUT2D eigenvalue weighted by molar-refractivity contribution is 0.0952. The Morgan fingerprint density at radius 3 is 2.80 bits per heavy atom. The second-order valence-electron chi connectivity index (χ2n) is 4.12. The molecule has 1 amide bonds. The first-order valence-corrected chi connectivity index (χ1v) is 6.29. The van der Waals surface area contributed by atoms with Gasteiger partial charge in [0.25, 0.3) is 11.5 Å². The molecule has 3 N–H and O–H groups in total. The summed E-state index contributed by atoms with van der Waals surface area (Å²) in [5, 5.41) is 3.23. The van der Waals surface area contributed by atoms with Crippen molar-refractivity contribution in [3.63, 3.8) is 0 Å². The van der Waals surface area contributed by atoms with Gasteiger partial charge in [0.15, 0.2) is 0 Å². The Balaban J connectivity index is 1.96. The highest BCUT2D eigenvalue weighted by Crippen LogP contribution is 2.10. The van der Waals surface area contributed by atoms with Gasteiger partial charge >= 0.3 is 5.69 Å². The Labute approximate surface area is 118 Å². The monoisotopic (exact) mass is 293 g/mol. The third kappa shape index (κ3) is 3.58. The Morgan fingerprint density at radius 1 is 1.30 bits per heavy atom. The number of amides is 1. The summed E-state index contributed by atoms with van der Waals surface area (Å²) in [7, 11) is 0. The molecule has 1 aromatic carbocycles. The average Bonchev–Trinajstić information content (AvgIpc) is 2.38. The molecular weight excluding hydrogens is 282 g/mol. The van der Waals surface area contributed by atoms with Crippen LogP contribution in [0.1, 0.15) is 15.9 Å². The normalized spacial score (nSPS) is 10.2. The molecule has 2 rings (SSSR count). The van der Waals surface area contributed by atoms with Crippen molar-refractivity contribution in [1.82, 2.24) is 15.3 Å².